The van der Waals surface area contributed by atoms with Crippen LogP contribution >= 0.6 is 0 Å². The maximum absolute atomic E-state index is 13.6. The monoisotopic (exact) mass is 493 g/mol. The summed E-state index contributed by atoms with van der Waals surface area (Å²) in [6.45, 7) is 1.55. The summed E-state index contributed by atoms with van der Waals surface area (Å²) in [6.07, 6.45) is 5.81. The van der Waals surface area contributed by atoms with E-state index in [1.54, 1.807) is 12.3 Å². The Balaban J connectivity index is 1.29. The molecule has 3 aliphatic rings. The number of benzene rings is 1. The summed E-state index contributed by atoms with van der Waals surface area (Å²) >= 11 is 0. The highest BCUT2D eigenvalue weighted by Gasteiger charge is 2.39. The van der Waals surface area contributed by atoms with E-state index in [9.17, 15) is 23.2 Å². The fourth-order valence-electron chi connectivity index (χ4n) is 5.43. The van der Waals surface area contributed by atoms with Crippen LogP contribution in [0.3, 0.4) is 0 Å². The molecule has 3 aromatic rings. The van der Waals surface area contributed by atoms with Gasteiger partial charge in [0.25, 0.3) is 11.8 Å². The first-order valence-corrected chi connectivity index (χ1v) is 12.1. The van der Waals surface area contributed by atoms with Crippen molar-refractivity contribution in [2.75, 3.05) is 13.1 Å². The number of rotatable bonds is 4. The molecule has 8 nitrogen and oxygen atoms in total. The molecule has 6 rings (SSSR count). The average Bonchev–Trinajstić information content (AvgIpc) is 3.44. The molecule has 0 saturated carbocycles. The normalized spacial score (nSPS) is 22.2. The van der Waals surface area contributed by atoms with Gasteiger partial charge in [-0.2, -0.15) is 0 Å². The van der Waals surface area contributed by atoms with Crippen LogP contribution in [0, 0.1) is 0 Å². The van der Waals surface area contributed by atoms with E-state index in [0.717, 1.165) is 27.9 Å². The minimum atomic E-state index is -2.58. The lowest BCUT2D eigenvalue weighted by Crippen LogP contribution is -2.52. The molecule has 1 aromatic carbocycles. The number of aromatic nitrogens is 2. The van der Waals surface area contributed by atoms with Gasteiger partial charge in [-0.15, -0.1) is 0 Å². The van der Waals surface area contributed by atoms with E-state index in [-0.39, 0.29) is 31.1 Å². The number of piperidine rings is 2. The first-order chi connectivity index (χ1) is 17.3. The molecule has 0 spiro atoms. The summed E-state index contributed by atoms with van der Waals surface area (Å²) in [5.41, 5.74) is 4.88. The van der Waals surface area contributed by atoms with Crippen molar-refractivity contribution in [2.24, 2.45) is 0 Å². The number of imide groups is 1. The van der Waals surface area contributed by atoms with Crippen LogP contribution in [0.1, 0.15) is 47.2 Å². The van der Waals surface area contributed by atoms with E-state index >= 15 is 0 Å². The number of likely N-dealkylation sites (tertiary alicyclic amines) is 1. The summed E-state index contributed by atoms with van der Waals surface area (Å²) in [4.78, 5) is 45.0. The summed E-state index contributed by atoms with van der Waals surface area (Å²) in [5.74, 6) is -3.55. The quantitative estimate of drug-likeness (QED) is 0.565. The van der Waals surface area contributed by atoms with Crippen molar-refractivity contribution in [1.29, 1.82) is 0 Å². The zero-order valence-corrected chi connectivity index (χ0v) is 19.5. The Bertz CT molecular complexity index is 1390. The highest BCUT2D eigenvalue weighted by atomic mass is 19.3. The van der Waals surface area contributed by atoms with Crippen molar-refractivity contribution in [3.63, 3.8) is 0 Å². The Morgan fingerprint density at radius 3 is 2.67 bits per heavy atom. The Hall–Kier alpha value is -3.66. The van der Waals surface area contributed by atoms with Gasteiger partial charge in [0.05, 0.1) is 0 Å². The molecule has 1 N–H and O–H groups in total. The van der Waals surface area contributed by atoms with Crippen LogP contribution in [0.5, 0.6) is 0 Å². The maximum atomic E-state index is 13.6. The van der Waals surface area contributed by atoms with E-state index < -0.39 is 17.9 Å². The molecular weight excluding hydrogens is 468 g/mol. The van der Waals surface area contributed by atoms with Gasteiger partial charge in [0.1, 0.15) is 11.7 Å². The van der Waals surface area contributed by atoms with Crippen molar-refractivity contribution in [3.8, 4) is 11.1 Å². The van der Waals surface area contributed by atoms with Gasteiger partial charge in [-0.25, -0.2) is 13.8 Å². The molecule has 2 aromatic heterocycles. The zero-order valence-electron chi connectivity index (χ0n) is 19.5. The molecule has 2 saturated heterocycles. The molecule has 0 bridgehead atoms. The van der Waals surface area contributed by atoms with Crippen LogP contribution in [-0.4, -0.2) is 62.0 Å². The largest absolute Gasteiger partial charge is 0.322 e. The third-order valence-corrected chi connectivity index (χ3v) is 7.37. The summed E-state index contributed by atoms with van der Waals surface area (Å²) in [6, 6.07) is 6.97. The van der Waals surface area contributed by atoms with Gasteiger partial charge in [0.15, 0.2) is 0 Å². The molecule has 186 valence electrons. The van der Waals surface area contributed by atoms with Crippen LogP contribution in [0.25, 0.3) is 16.8 Å². The lowest BCUT2D eigenvalue weighted by atomic mass is 9.99. The van der Waals surface area contributed by atoms with E-state index in [1.807, 2.05) is 39.9 Å². The van der Waals surface area contributed by atoms with Gasteiger partial charge in [-0.3, -0.25) is 24.6 Å². The van der Waals surface area contributed by atoms with Gasteiger partial charge >= 0.3 is 0 Å². The van der Waals surface area contributed by atoms with Gasteiger partial charge in [-0.1, -0.05) is 6.07 Å². The van der Waals surface area contributed by atoms with E-state index in [4.69, 9.17) is 0 Å². The standard InChI is InChI=1S/C26H25F2N5O3/c27-26(28)5-8-31(9-6-26)13-16-11-20(23-29-7-10-32(23)14-16)17-1-2-19-18(12-17)15-33(25(19)36)21-3-4-22(34)30-24(21)35/h1-2,7,10-12,14,21H,3-6,8-9,13,15H2,(H,30,34,35). The molecule has 10 heteroatoms. The minimum Gasteiger partial charge on any atom is -0.322 e. The molecule has 0 aliphatic carbocycles. The summed E-state index contributed by atoms with van der Waals surface area (Å²) in [7, 11) is 0. The molecule has 1 atom stereocenters. The van der Waals surface area contributed by atoms with Gasteiger partial charge < -0.3 is 9.30 Å². The SMILES string of the molecule is O=C1CCC(N2Cc3cc(-c4cc(CN5CCC(F)(F)CC5)cn5ccnc45)ccc3C2=O)C(=O)N1. The molecule has 3 aliphatic heterocycles. The Kier molecular flexibility index (Phi) is 5.36. The predicted molar refractivity (Wildman–Crippen MR) is 126 cm³/mol. The second-order valence-corrected chi connectivity index (χ2v) is 9.82. The second-order valence-electron chi connectivity index (χ2n) is 9.82. The Morgan fingerprint density at radius 1 is 1.08 bits per heavy atom. The van der Waals surface area contributed by atoms with Crippen LogP contribution in [0.2, 0.25) is 0 Å². The van der Waals surface area contributed by atoms with Crippen molar-refractivity contribution >= 4 is 23.4 Å². The van der Waals surface area contributed by atoms with Crippen LogP contribution in [0.15, 0.2) is 42.9 Å². The molecular formula is C26H25F2N5O3. The molecule has 1 unspecified atom stereocenters. The van der Waals surface area contributed by atoms with Crippen molar-refractivity contribution in [3.05, 3.63) is 59.5 Å². The number of halogens is 2. The lowest BCUT2D eigenvalue weighted by Gasteiger charge is -2.31. The average molecular weight is 494 g/mol. The molecule has 3 amide bonds. The number of hydrogen-bond donors (Lipinski definition) is 1. The number of carbonyl (C=O) groups is 3. The third-order valence-electron chi connectivity index (χ3n) is 7.37. The minimum absolute atomic E-state index is 0.129. The molecule has 36 heavy (non-hydrogen) atoms. The number of amides is 3. The highest BCUT2D eigenvalue weighted by Crippen LogP contribution is 2.34. The first kappa shape index (κ1) is 22.8. The molecule has 5 heterocycles. The van der Waals surface area contributed by atoms with Gasteiger partial charge in [0, 0.05) is 75.2 Å². The number of alkyl halides is 2. The zero-order chi connectivity index (χ0) is 25.0. The number of hydrogen-bond acceptors (Lipinski definition) is 5. The fourth-order valence-corrected chi connectivity index (χ4v) is 5.43. The van der Waals surface area contributed by atoms with Gasteiger partial charge in [0.2, 0.25) is 11.8 Å². The number of carbonyl (C=O) groups excluding carboxylic acids is 3. The maximum Gasteiger partial charge on any atom is 0.255 e. The van der Waals surface area contributed by atoms with E-state index in [1.165, 1.54) is 4.90 Å². The second kappa shape index (κ2) is 8.48. The van der Waals surface area contributed by atoms with Crippen molar-refractivity contribution in [2.45, 2.75) is 50.7 Å². The fraction of sp³-hybridized carbons (Fsp3) is 0.385. The smallest absolute Gasteiger partial charge is 0.255 e. The number of pyridine rings is 1. The molecule has 0 radical (unpaired) electrons. The Morgan fingerprint density at radius 2 is 1.89 bits per heavy atom. The topological polar surface area (TPSA) is 87.0 Å². The number of nitrogens with one attached hydrogen (secondary N) is 1. The van der Waals surface area contributed by atoms with Crippen molar-refractivity contribution in [1.82, 2.24) is 24.5 Å². The van der Waals surface area contributed by atoms with Crippen LogP contribution in [0.4, 0.5) is 8.78 Å². The van der Waals surface area contributed by atoms with E-state index in [0.29, 0.717) is 38.2 Å². The Labute approximate surface area is 205 Å². The number of nitrogens with zero attached hydrogens (tertiary/aromatic N) is 4. The van der Waals surface area contributed by atoms with Crippen LogP contribution in [-0.2, 0) is 22.7 Å². The number of imidazole rings is 1. The van der Waals surface area contributed by atoms with Crippen molar-refractivity contribution < 1.29 is 23.2 Å². The summed E-state index contributed by atoms with van der Waals surface area (Å²) in [5, 5.41) is 2.32. The number of fused-ring (bicyclic) bond motifs is 2. The lowest BCUT2D eigenvalue weighted by molar-refractivity contribution is -0.136. The predicted octanol–water partition coefficient (Wildman–Crippen LogP) is 2.99. The van der Waals surface area contributed by atoms with E-state index in [2.05, 4.69) is 10.3 Å². The summed E-state index contributed by atoms with van der Waals surface area (Å²) < 4.78 is 29.1. The highest BCUT2D eigenvalue weighted by molar-refractivity contribution is 6.05. The molecule has 2 fully saturated rings. The first-order valence-electron chi connectivity index (χ1n) is 12.1. The van der Waals surface area contributed by atoms with Gasteiger partial charge in [-0.05, 0) is 41.3 Å². The van der Waals surface area contributed by atoms with Crippen LogP contribution < -0.4 is 5.32 Å². The third kappa shape index (κ3) is 4.05.